The first-order chi connectivity index (χ1) is 22.2. The minimum absolute atomic E-state index is 0.00217. The van der Waals surface area contributed by atoms with Crippen molar-refractivity contribution < 1.29 is 34.1 Å². The monoisotopic (exact) mass is 647 g/mol. The summed E-state index contributed by atoms with van der Waals surface area (Å²) in [5.74, 6) is -2.84. The number of unbranched alkanes of at least 4 members (excludes halogenated alkanes) is 1. The first-order valence-corrected chi connectivity index (χ1v) is 15.3. The van der Waals surface area contributed by atoms with Crippen LogP contribution < -0.4 is 15.1 Å². The zero-order chi connectivity index (χ0) is 33.3. The Balaban J connectivity index is 0.000000637. The van der Waals surface area contributed by atoms with Crippen molar-refractivity contribution in [2.45, 2.75) is 26.2 Å². The highest BCUT2D eigenvalue weighted by atomic mass is 35.5. The molecule has 0 aliphatic carbocycles. The van der Waals surface area contributed by atoms with Crippen LogP contribution in [0.15, 0.2) is 97.1 Å². The third-order valence-electron chi connectivity index (χ3n) is 6.81. The highest BCUT2D eigenvalue weighted by molar-refractivity contribution is 6.31. The number of hydrogen-bond donors (Lipinski definition) is 3. The Morgan fingerprint density at radius 1 is 0.826 bits per heavy atom. The number of para-hydroxylation sites is 1. The summed E-state index contributed by atoms with van der Waals surface area (Å²) in [6.45, 7) is 4.90. The summed E-state index contributed by atoms with van der Waals surface area (Å²) in [5, 5.41) is 19.6. The predicted octanol–water partition coefficient (Wildman–Crippen LogP) is 5.88. The van der Waals surface area contributed by atoms with Gasteiger partial charge in [0.05, 0.1) is 29.2 Å². The van der Waals surface area contributed by atoms with E-state index in [9.17, 15) is 19.2 Å². The van der Waals surface area contributed by atoms with Gasteiger partial charge in [-0.3, -0.25) is 4.79 Å². The smallest absolute Gasteiger partial charge is 0.330 e. The van der Waals surface area contributed by atoms with Crippen LogP contribution in [0.3, 0.4) is 0 Å². The molecule has 3 aromatic carbocycles. The molecule has 0 atom stereocenters. The van der Waals surface area contributed by atoms with E-state index in [0.717, 1.165) is 49.4 Å². The third-order valence-corrected chi connectivity index (χ3v) is 7.05. The number of benzene rings is 3. The zero-order valence-electron chi connectivity index (χ0n) is 25.6. The molecule has 0 spiro atoms. The largest absolute Gasteiger partial charge is 0.478 e. The number of nitrogens with one attached hydrogen (secondary N) is 1. The van der Waals surface area contributed by atoms with Gasteiger partial charge in [-0.25, -0.2) is 14.4 Å². The SMILES string of the molecule is CCOC(=O)/C=C/CNCCCCN1c2ccccc2C(=O)N(CCc2ccccc2)c2ccc(Cl)cc21.O=C(O)/C=C\C(=O)O. The maximum atomic E-state index is 13.8. The summed E-state index contributed by atoms with van der Waals surface area (Å²) < 4.78 is 4.89. The Morgan fingerprint density at radius 3 is 2.22 bits per heavy atom. The topological polar surface area (TPSA) is 136 Å². The summed E-state index contributed by atoms with van der Waals surface area (Å²) in [4.78, 5) is 48.4. The van der Waals surface area contributed by atoms with E-state index in [0.29, 0.717) is 42.4 Å². The number of nitrogens with zero attached hydrogens (tertiary/aromatic N) is 2. The molecule has 1 heterocycles. The molecule has 0 unspecified atom stereocenters. The van der Waals surface area contributed by atoms with Crippen LogP contribution in [-0.4, -0.2) is 66.8 Å². The van der Waals surface area contributed by atoms with Crippen molar-refractivity contribution in [1.82, 2.24) is 5.32 Å². The lowest BCUT2D eigenvalue weighted by Crippen LogP contribution is -2.32. The average Bonchev–Trinajstić information content (AvgIpc) is 3.13. The standard InChI is InChI=1S/C31H34ClN3O3.C4H4O4/c1-2-38-30(36)15-10-20-33-19-8-9-21-34-27-14-7-6-13-26(27)31(37)35(22-18-24-11-4-3-5-12-24)28-17-16-25(32)23-29(28)34;5-3(6)1-2-4(7)8/h3-7,10-17,23,33H,2,8-9,18-22H2,1H3;1-2H,(H,5,6)(H,7,8)/b15-10+;2-1-. The predicted molar refractivity (Wildman–Crippen MR) is 179 cm³/mol. The number of carboxylic acids is 2. The molecule has 4 rings (SSSR count). The molecule has 0 saturated heterocycles. The molecule has 0 saturated carbocycles. The number of carboxylic acid groups (broad SMARTS) is 2. The normalized spacial score (nSPS) is 12.3. The third kappa shape index (κ3) is 11.2. The summed E-state index contributed by atoms with van der Waals surface area (Å²) in [7, 11) is 0. The summed E-state index contributed by atoms with van der Waals surface area (Å²) in [5.41, 5.74) is 4.58. The number of hydrogen-bond acceptors (Lipinski definition) is 7. The van der Waals surface area contributed by atoms with Crippen LogP contribution in [0.4, 0.5) is 17.1 Å². The van der Waals surface area contributed by atoms with Crippen LogP contribution in [0.1, 0.15) is 35.7 Å². The lowest BCUT2D eigenvalue weighted by molar-refractivity contribution is -0.137. The molecule has 0 fully saturated rings. The molecular formula is C35H38ClN3O7. The van der Waals surface area contributed by atoms with Gasteiger partial charge in [0.15, 0.2) is 0 Å². The Labute approximate surface area is 273 Å². The molecule has 3 aromatic rings. The summed E-state index contributed by atoms with van der Waals surface area (Å²) in [6, 6.07) is 23.8. The van der Waals surface area contributed by atoms with Gasteiger partial charge in [0.25, 0.3) is 5.91 Å². The number of fused-ring (bicyclic) bond motifs is 2. The van der Waals surface area contributed by atoms with Gasteiger partial charge < -0.3 is 30.1 Å². The van der Waals surface area contributed by atoms with Gasteiger partial charge in [-0.15, -0.1) is 0 Å². The molecule has 11 heteroatoms. The van der Waals surface area contributed by atoms with E-state index in [1.54, 1.807) is 13.0 Å². The van der Waals surface area contributed by atoms with Crippen LogP contribution in [-0.2, 0) is 25.5 Å². The molecule has 0 aromatic heterocycles. The van der Waals surface area contributed by atoms with E-state index >= 15 is 0 Å². The van der Waals surface area contributed by atoms with Gasteiger partial charge in [-0.1, -0.05) is 60.1 Å². The number of carbonyl (C=O) groups is 4. The first kappa shape index (κ1) is 35.5. The molecule has 1 amide bonds. The lowest BCUT2D eigenvalue weighted by atomic mass is 10.1. The van der Waals surface area contributed by atoms with E-state index in [4.69, 9.17) is 26.6 Å². The van der Waals surface area contributed by atoms with Crippen molar-refractivity contribution in [3.8, 4) is 0 Å². The fourth-order valence-corrected chi connectivity index (χ4v) is 4.92. The van der Waals surface area contributed by atoms with Gasteiger partial charge >= 0.3 is 17.9 Å². The van der Waals surface area contributed by atoms with Crippen LogP contribution in [0, 0.1) is 0 Å². The van der Waals surface area contributed by atoms with Crippen LogP contribution in [0.5, 0.6) is 0 Å². The number of anilines is 3. The second-order valence-corrected chi connectivity index (χ2v) is 10.5. The van der Waals surface area contributed by atoms with Gasteiger partial charge in [0.2, 0.25) is 0 Å². The maximum Gasteiger partial charge on any atom is 0.330 e. The average molecular weight is 648 g/mol. The maximum absolute atomic E-state index is 13.8. The molecular weight excluding hydrogens is 610 g/mol. The quantitative estimate of drug-likeness (QED) is 0.111. The Bertz CT molecular complexity index is 1530. The summed E-state index contributed by atoms with van der Waals surface area (Å²) in [6.07, 6.45) is 6.95. The van der Waals surface area contributed by atoms with Crippen LogP contribution in [0.2, 0.25) is 5.02 Å². The minimum Gasteiger partial charge on any atom is -0.478 e. The molecule has 46 heavy (non-hydrogen) atoms. The number of carbonyl (C=O) groups excluding carboxylic acids is 2. The van der Waals surface area contributed by atoms with Gasteiger partial charge in [0.1, 0.15) is 0 Å². The molecule has 1 aliphatic heterocycles. The van der Waals surface area contributed by atoms with E-state index in [1.165, 1.54) is 11.6 Å². The van der Waals surface area contributed by atoms with E-state index in [2.05, 4.69) is 22.3 Å². The fourth-order valence-electron chi connectivity index (χ4n) is 4.76. The second kappa shape index (κ2) is 18.8. The molecule has 242 valence electrons. The zero-order valence-corrected chi connectivity index (χ0v) is 26.4. The highest BCUT2D eigenvalue weighted by Gasteiger charge is 2.30. The Hall–Kier alpha value is -4.93. The Morgan fingerprint density at radius 2 is 1.52 bits per heavy atom. The van der Waals surface area contributed by atoms with Crippen LogP contribution in [0.25, 0.3) is 0 Å². The van der Waals surface area contributed by atoms with Gasteiger partial charge in [-0.2, -0.15) is 0 Å². The number of ether oxygens (including phenoxy) is 1. The second-order valence-electron chi connectivity index (χ2n) is 10.1. The van der Waals surface area contributed by atoms with Crippen molar-refractivity contribution in [2.75, 3.05) is 42.6 Å². The van der Waals surface area contributed by atoms with Crippen molar-refractivity contribution in [2.24, 2.45) is 0 Å². The van der Waals surface area contributed by atoms with Crippen molar-refractivity contribution in [1.29, 1.82) is 0 Å². The molecule has 3 N–H and O–H groups in total. The van der Waals surface area contributed by atoms with E-state index in [-0.39, 0.29) is 11.9 Å². The van der Waals surface area contributed by atoms with Crippen LogP contribution >= 0.6 is 11.6 Å². The fraction of sp³-hybridized carbons (Fsp3) is 0.257. The lowest BCUT2D eigenvalue weighted by Gasteiger charge is -2.28. The van der Waals surface area contributed by atoms with E-state index < -0.39 is 11.9 Å². The number of amides is 1. The van der Waals surface area contributed by atoms with Crippen molar-refractivity contribution >= 4 is 52.5 Å². The number of halogens is 1. The molecule has 10 nitrogen and oxygen atoms in total. The number of esters is 1. The summed E-state index contributed by atoms with van der Waals surface area (Å²) >= 11 is 6.47. The highest BCUT2D eigenvalue weighted by Crippen LogP contribution is 2.42. The minimum atomic E-state index is -1.26. The Kier molecular flexibility index (Phi) is 14.5. The van der Waals surface area contributed by atoms with Crippen molar-refractivity contribution in [3.63, 3.8) is 0 Å². The number of aliphatic carboxylic acids is 2. The van der Waals surface area contributed by atoms with E-state index in [1.807, 2.05) is 65.6 Å². The molecule has 0 bridgehead atoms. The molecule has 1 aliphatic rings. The number of rotatable bonds is 14. The van der Waals surface area contributed by atoms with Gasteiger partial charge in [-0.05, 0) is 68.6 Å². The van der Waals surface area contributed by atoms with Crippen molar-refractivity contribution in [3.05, 3.63) is 113 Å². The first-order valence-electron chi connectivity index (χ1n) is 14.9. The van der Waals surface area contributed by atoms with Gasteiger partial charge in [0, 0.05) is 42.9 Å². The molecule has 0 radical (unpaired) electrons.